The number of carboxylic acid groups (broad SMARTS) is 1. The largest absolute Gasteiger partial charge is 0.548 e. The van der Waals surface area contributed by atoms with Gasteiger partial charge in [-0.25, -0.2) is 0 Å². The van der Waals surface area contributed by atoms with E-state index in [-0.39, 0.29) is 12.3 Å². The lowest BCUT2D eigenvalue weighted by Gasteiger charge is -2.44. The number of carbonyl (C=O) groups excluding carboxylic acids is 3. The summed E-state index contributed by atoms with van der Waals surface area (Å²) < 4.78 is 11.4. The van der Waals surface area contributed by atoms with Crippen LogP contribution < -0.4 is 10.4 Å². The fourth-order valence-corrected chi connectivity index (χ4v) is 5.20. The normalized spacial score (nSPS) is 30.4. The molecule has 0 unspecified atom stereocenters. The van der Waals surface area contributed by atoms with Crippen LogP contribution in [0.25, 0.3) is 0 Å². The molecule has 0 spiro atoms. The van der Waals surface area contributed by atoms with E-state index in [1.807, 2.05) is 6.07 Å². The number of nitrogens with one attached hydrogen (secondary N) is 1. The molecule has 1 aromatic rings. The van der Waals surface area contributed by atoms with Gasteiger partial charge in [0.25, 0.3) is 0 Å². The van der Waals surface area contributed by atoms with Crippen molar-refractivity contribution in [2.75, 3.05) is 0 Å². The Morgan fingerprint density at radius 3 is 2.50 bits per heavy atom. The summed E-state index contributed by atoms with van der Waals surface area (Å²) in [6, 6.07) is 6.81. The number of fused-ring (bicyclic) bond motifs is 1. The van der Waals surface area contributed by atoms with Crippen molar-refractivity contribution >= 4 is 28.6 Å². The van der Waals surface area contributed by atoms with E-state index < -0.39 is 44.9 Å². The first-order valence-electron chi connectivity index (χ1n) is 7.52. The summed E-state index contributed by atoms with van der Waals surface area (Å²) in [7, 11) is -1.62. The summed E-state index contributed by atoms with van der Waals surface area (Å²) in [5, 5.41) is 13.1. The quantitative estimate of drug-likeness (QED) is 0.669. The molecule has 128 valence electrons. The molecule has 0 aliphatic carbocycles. The first kappa shape index (κ1) is 16.6. The van der Waals surface area contributed by atoms with Gasteiger partial charge in [0.15, 0.2) is 0 Å². The second-order valence-corrected chi connectivity index (χ2v) is 8.60. The van der Waals surface area contributed by atoms with Crippen molar-refractivity contribution in [3.63, 3.8) is 0 Å². The maximum absolute atomic E-state index is 12.6. The van der Waals surface area contributed by atoms with Crippen LogP contribution in [0.15, 0.2) is 30.3 Å². The molecule has 2 saturated heterocycles. The smallest absolute Gasteiger partial charge is 0.249 e. The van der Waals surface area contributed by atoms with Crippen LogP contribution in [0.2, 0.25) is 0 Å². The number of β-lactam (4-membered cyclic amide) rings is 1. The number of hydrogen-bond acceptors (Lipinski definition) is 5. The minimum Gasteiger partial charge on any atom is -0.548 e. The van der Waals surface area contributed by atoms with Crippen molar-refractivity contribution in [3.05, 3.63) is 35.9 Å². The molecule has 4 atom stereocenters. The third-order valence-corrected chi connectivity index (χ3v) is 6.70. The monoisotopic (exact) mass is 349 g/mol. The van der Waals surface area contributed by atoms with Gasteiger partial charge in [0.05, 0.1) is 34.0 Å². The summed E-state index contributed by atoms with van der Waals surface area (Å²) in [6.07, 6.45) is 0.0945. The van der Waals surface area contributed by atoms with Gasteiger partial charge in [-0.05, 0) is 19.4 Å². The standard InChI is InChI=1S/C16H18N2O5S/c1-16(2)12(15(21)22)18-13(20)11(14(18)24(16)23)17-10(19)8-9-6-4-3-5-7-9/h3-7,11-12,14H,8H2,1-2H3,(H,17,19)(H,21,22)/p-1/t11-,12+,14-,24-/m1/s1. The summed E-state index contributed by atoms with van der Waals surface area (Å²) in [5.74, 6) is -2.33. The SMILES string of the molecule is CC1(C)[C@H](C(=O)[O-])N2C(=O)[C@@H](NC(=O)Cc3ccccc3)[C@H]2[S@]1=O. The predicted octanol–water partition coefficient (Wildman–Crippen LogP) is -1.46. The Balaban J connectivity index is 1.74. The van der Waals surface area contributed by atoms with Crippen LogP contribution in [-0.2, 0) is 31.6 Å². The first-order chi connectivity index (χ1) is 11.2. The van der Waals surface area contributed by atoms with E-state index >= 15 is 0 Å². The topological polar surface area (TPSA) is 107 Å². The van der Waals surface area contributed by atoms with Crippen LogP contribution in [-0.4, -0.2) is 49.1 Å². The molecule has 2 aliphatic heterocycles. The van der Waals surface area contributed by atoms with E-state index in [0.29, 0.717) is 0 Å². The van der Waals surface area contributed by atoms with Gasteiger partial charge < -0.3 is 20.1 Å². The van der Waals surface area contributed by atoms with E-state index in [9.17, 15) is 23.7 Å². The van der Waals surface area contributed by atoms with Crippen molar-refractivity contribution in [3.8, 4) is 0 Å². The highest BCUT2D eigenvalue weighted by molar-refractivity contribution is 7.87. The highest BCUT2D eigenvalue weighted by atomic mass is 32.2. The fourth-order valence-electron chi connectivity index (χ4n) is 3.28. The zero-order chi connectivity index (χ0) is 17.6. The second-order valence-electron chi connectivity index (χ2n) is 6.47. The van der Waals surface area contributed by atoms with E-state index in [4.69, 9.17) is 0 Å². The van der Waals surface area contributed by atoms with Gasteiger partial charge in [-0.15, -0.1) is 0 Å². The van der Waals surface area contributed by atoms with Crippen LogP contribution >= 0.6 is 0 Å². The number of carbonyl (C=O) groups is 3. The molecule has 1 N–H and O–H groups in total. The molecule has 0 radical (unpaired) electrons. The lowest BCUT2D eigenvalue weighted by atomic mass is 9.96. The highest BCUT2D eigenvalue weighted by Crippen LogP contribution is 2.43. The molecule has 2 aliphatic rings. The van der Waals surface area contributed by atoms with Crippen molar-refractivity contribution in [1.82, 2.24) is 10.2 Å². The Labute approximate surface area is 141 Å². The van der Waals surface area contributed by atoms with Crippen LogP contribution in [0.5, 0.6) is 0 Å². The maximum atomic E-state index is 12.6. The Hall–Kier alpha value is -2.22. The molecule has 3 rings (SSSR count). The van der Waals surface area contributed by atoms with Gasteiger partial charge in [0.2, 0.25) is 11.8 Å². The van der Waals surface area contributed by atoms with Crippen molar-refractivity contribution in [2.45, 2.75) is 42.5 Å². The average Bonchev–Trinajstić information content (AvgIpc) is 2.71. The van der Waals surface area contributed by atoms with Crippen LogP contribution in [0.1, 0.15) is 19.4 Å². The first-order valence-corrected chi connectivity index (χ1v) is 8.73. The molecular weight excluding hydrogens is 332 g/mol. The van der Waals surface area contributed by atoms with Crippen LogP contribution in [0, 0.1) is 0 Å². The minimum atomic E-state index is -1.62. The molecule has 7 nitrogen and oxygen atoms in total. The zero-order valence-electron chi connectivity index (χ0n) is 13.2. The van der Waals surface area contributed by atoms with Gasteiger partial charge in [-0.1, -0.05) is 30.3 Å². The van der Waals surface area contributed by atoms with Gasteiger partial charge in [0, 0.05) is 0 Å². The number of aliphatic carboxylic acids is 1. The van der Waals surface area contributed by atoms with Gasteiger partial charge in [0.1, 0.15) is 11.4 Å². The van der Waals surface area contributed by atoms with Gasteiger partial charge in [-0.2, -0.15) is 0 Å². The lowest BCUT2D eigenvalue weighted by molar-refractivity contribution is -0.312. The minimum absolute atomic E-state index is 0.0945. The van der Waals surface area contributed by atoms with E-state index in [1.54, 1.807) is 24.3 Å². The maximum Gasteiger partial charge on any atom is 0.249 e. The summed E-state index contributed by atoms with van der Waals surface area (Å²) in [5.41, 5.74) is 0.791. The third-order valence-electron chi connectivity index (χ3n) is 4.50. The van der Waals surface area contributed by atoms with Gasteiger partial charge in [-0.3, -0.25) is 13.8 Å². The molecule has 0 bridgehead atoms. The number of hydrogen-bond donors (Lipinski definition) is 1. The van der Waals surface area contributed by atoms with E-state index in [1.165, 1.54) is 13.8 Å². The van der Waals surface area contributed by atoms with E-state index in [2.05, 4.69) is 5.32 Å². The second kappa shape index (κ2) is 5.70. The zero-order valence-corrected chi connectivity index (χ0v) is 14.0. The molecule has 1 aromatic carbocycles. The number of rotatable bonds is 4. The van der Waals surface area contributed by atoms with Crippen molar-refractivity contribution in [1.29, 1.82) is 0 Å². The number of carboxylic acids is 1. The number of nitrogens with zero attached hydrogens (tertiary/aromatic N) is 1. The molecule has 2 amide bonds. The Kier molecular flexibility index (Phi) is 3.95. The molecule has 0 aromatic heterocycles. The summed E-state index contributed by atoms with van der Waals surface area (Å²) in [4.78, 5) is 36.8. The fraction of sp³-hybridized carbons (Fsp3) is 0.438. The lowest BCUT2D eigenvalue weighted by Crippen LogP contribution is -2.72. The summed E-state index contributed by atoms with van der Waals surface area (Å²) >= 11 is 0. The highest BCUT2D eigenvalue weighted by Gasteiger charge is 2.66. The van der Waals surface area contributed by atoms with Crippen molar-refractivity contribution in [2.24, 2.45) is 0 Å². The Bertz CT molecular complexity index is 733. The number of amides is 2. The van der Waals surface area contributed by atoms with Crippen LogP contribution in [0.4, 0.5) is 0 Å². The van der Waals surface area contributed by atoms with E-state index in [0.717, 1.165) is 10.5 Å². The van der Waals surface area contributed by atoms with Crippen LogP contribution in [0.3, 0.4) is 0 Å². The molecule has 2 fully saturated rings. The summed E-state index contributed by atoms with van der Waals surface area (Å²) in [6.45, 7) is 3.05. The average molecular weight is 349 g/mol. The van der Waals surface area contributed by atoms with Crippen molar-refractivity contribution < 1.29 is 23.7 Å². The molecule has 8 heteroatoms. The molecule has 0 saturated carbocycles. The molecular formula is C16H17N2O5S-. The molecule has 2 heterocycles. The Morgan fingerprint density at radius 2 is 1.92 bits per heavy atom. The predicted molar refractivity (Wildman–Crippen MR) is 83.7 cm³/mol. The number of benzene rings is 1. The third kappa shape index (κ3) is 2.41. The Morgan fingerprint density at radius 1 is 1.29 bits per heavy atom. The molecule has 24 heavy (non-hydrogen) atoms. The van der Waals surface area contributed by atoms with Gasteiger partial charge >= 0.3 is 0 Å².